The molecule has 6 heteroatoms. The van der Waals surface area contributed by atoms with Gasteiger partial charge >= 0.3 is 0 Å². The van der Waals surface area contributed by atoms with Gasteiger partial charge in [-0.3, -0.25) is 0 Å². The van der Waals surface area contributed by atoms with Crippen molar-refractivity contribution in [2.75, 3.05) is 6.54 Å². The highest BCUT2D eigenvalue weighted by atomic mass is 16.5. The zero-order valence-corrected chi connectivity index (χ0v) is 12.0. The third-order valence-electron chi connectivity index (χ3n) is 2.60. The van der Waals surface area contributed by atoms with Gasteiger partial charge in [-0.1, -0.05) is 17.2 Å². The number of nitrogens with zero attached hydrogens (tertiary/aromatic N) is 3. The van der Waals surface area contributed by atoms with E-state index in [2.05, 4.69) is 10.0 Å². The van der Waals surface area contributed by atoms with E-state index in [4.69, 9.17) is 10.3 Å². The number of hydrogen-bond donors (Lipinski definition) is 2. The van der Waals surface area contributed by atoms with Gasteiger partial charge in [0.2, 0.25) is 0 Å². The predicted octanol–water partition coefficient (Wildman–Crippen LogP) is 2.96. The molecule has 0 radical (unpaired) electrons. The second kappa shape index (κ2) is 7.14. The average Bonchev–Trinajstić information content (AvgIpc) is 2.37. The first-order valence-electron chi connectivity index (χ1n) is 6.49. The topological polar surface area (TPSA) is 98.5 Å². The summed E-state index contributed by atoms with van der Waals surface area (Å²) in [7, 11) is 0. The third kappa shape index (κ3) is 5.48. The molecule has 1 rings (SSSR count). The molecular weight excluding hydrogens is 258 g/mol. The lowest BCUT2D eigenvalue weighted by molar-refractivity contribution is 0.0149. The Balaban J connectivity index is 2.65. The Bertz CT molecular complexity index is 462. The summed E-state index contributed by atoms with van der Waals surface area (Å²) in [4.78, 5) is 2.60. The highest BCUT2D eigenvalue weighted by Gasteiger charge is 2.18. The molecule has 0 saturated carbocycles. The molecule has 0 amide bonds. The number of benzene rings is 1. The molecule has 0 aliphatic carbocycles. The fourth-order valence-electron chi connectivity index (χ4n) is 1.70. The third-order valence-corrected chi connectivity index (χ3v) is 2.60. The van der Waals surface area contributed by atoms with Gasteiger partial charge in [-0.05, 0) is 50.4 Å². The molecule has 6 nitrogen and oxygen atoms in total. The van der Waals surface area contributed by atoms with E-state index < -0.39 is 12.2 Å². The maximum absolute atomic E-state index is 9.99. The van der Waals surface area contributed by atoms with Crippen LogP contribution in [0.5, 0.6) is 5.75 Å². The van der Waals surface area contributed by atoms with Crippen molar-refractivity contribution in [1.29, 1.82) is 0 Å². The van der Waals surface area contributed by atoms with Crippen LogP contribution in [0.2, 0.25) is 0 Å². The summed E-state index contributed by atoms with van der Waals surface area (Å²) in [5, 5.41) is 23.1. The first-order valence-corrected chi connectivity index (χ1v) is 6.49. The number of ether oxygens (including phenoxy) is 1. The van der Waals surface area contributed by atoms with Gasteiger partial charge < -0.3 is 14.9 Å². The quantitative estimate of drug-likeness (QED) is 0.475. The molecule has 0 bridgehead atoms. The maximum atomic E-state index is 9.99. The molecule has 2 N–H and O–H groups in total. The van der Waals surface area contributed by atoms with Gasteiger partial charge in [0, 0.05) is 11.5 Å². The molecule has 0 heterocycles. The molecule has 0 fully saturated rings. The Labute approximate surface area is 118 Å². The summed E-state index contributed by atoms with van der Waals surface area (Å²) in [5.41, 5.74) is 8.47. The smallest absolute Gasteiger partial charge is 0.120 e. The van der Waals surface area contributed by atoms with E-state index in [1.165, 1.54) is 0 Å². The average molecular weight is 279 g/mol. The standard InChI is InChI=1S/C14H21N3O3/c1-14(2,3)20-11-6-4-10(5-7-11)13(19)12(18)8-9-16-17-15/h4-7,12-13,18-19H,8-9H2,1-3H3. The Morgan fingerprint density at radius 3 is 2.35 bits per heavy atom. The van der Waals surface area contributed by atoms with Gasteiger partial charge in [-0.25, -0.2) is 0 Å². The lowest BCUT2D eigenvalue weighted by Gasteiger charge is -2.22. The van der Waals surface area contributed by atoms with Crippen LogP contribution in [0, 0.1) is 0 Å². The van der Waals surface area contributed by atoms with E-state index in [1.54, 1.807) is 24.3 Å². The van der Waals surface area contributed by atoms with Gasteiger partial charge in [0.1, 0.15) is 17.5 Å². The van der Waals surface area contributed by atoms with Crippen LogP contribution in [-0.4, -0.2) is 28.5 Å². The normalized spacial score (nSPS) is 14.2. The van der Waals surface area contributed by atoms with Crippen molar-refractivity contribution >= 4 is 0 Å². The molecule has 0 spiro atoms. The van der Waals surface area contributed by atoms with E-state index in [-0.39, 0.29) is 18.6 Å². The fourth-order valence-corrected chi connectivity index (χ4v) is 1.70. The van der Waals surface area contributed by atoms with Crippen LogP contribution in [0.25, 0.3) is 10.4 Å². The van der Waals surface area contributed by atoms with Gasteiger partial charge in [0.15, 0.2) is 0 Å². The number of aliphatic hydroxyl groups excluding tert-OH is 2. The lowest BCUT2D eigenvalue weighted by Crippen LogP contribution is -2.23. The summed E-state index contributed by atoms with van der Waals surface area (Å²) < 4.78 is 5.68. The molecule has 20 heavy (non-hydrogen) atoms. The van der Waals surface area contributed by atoms with Crippen molar-refractivity contribution in [3.05, 3.63) is 40.3 Å². The lowest BCUT2D eigenvalue weighted by atomic mass is 10.0. The van der Waals surface area contributed by atoms with E-state index >= 15 is 0 Å². The Morgan fingerprint density at radius 1 is 1.25 bits per heavy atom. The molecule has 0 aliphatic rings. The number of rotatable bonds is 6. The SMILES string of the molecule is CC(C)(C)Oc1ccc(C(O)C(O)CCN=[N+]=[N-])cc1. The monoisotopic (exact) mass is 279 g/mol. The molecule has 2 unspecified atom stereocenters. The summed E-state index contributed by atoms with van der Waals surface area (Å²) in [6.45, 7) is 6.01. The first kappa shape index (κ1) is 16.3. The fraction of sp³-hybridized carbons (Fsp3) is 0.571. The summed E-state index contributed by atoms with van der Waals surface area (Å²) in [5.74, 6) is 0.706. The van der Waals surface area contributed by atoms with E-state index in [9.17, 15) is 10.2 Å². The van der Waals surface area contributed by atoms with Crippen LogP contribution in [-0.2, 0) is 0 Å². The van der Waals surface area contributed by atoms with Crippen LogP contribution in [0.15, 0.2) is 29.4 Å². The zero-order chi connectivity index (χ0) is 15.2. The summed E-state index contributed by atoms with van der Waals surface area (Å²) in [6.07, 6.45) is -1.76. The van der Waals surface area contributed by atoms with E-state index in [0.717, 1.165) is 0 Å². The molecule has 2 atom stereocenters. The zero-order valence-electron chi connectivity index (χ0n) is 12.0. The van der Waals surface area contributed by atoms with Gasteiger partial charge in [-0.2, -0.15) is 0 Å². The van der Waals surface area contributed by atoms with Crippen molar-refractivity contribution in [3.63, 3.8) is 0 Å². The Kier molecular flexibility index (Phi) is 5.82. The van der Waals surface area contributed by atoms with E-state index in [0.29, 0.717) is 11.3 Å². The van der Waals surface area contributed by atoms with Gasteiger partial charge in [0.25, 0.3) is 0 Å². The molecule has 0 aromatic heterocycles. The molecule has 110 valence electrons. The summed E-state index contributed by atoms with van der Waals surface area (Å²) >= 11 is 0. The number of aliphatic hydroxyl groups is 2. The van der Waals surface area contributed by atoms with Crippen molar-refractivity contribution in [2.45, 2.75) is 45.0 Å². The van der Waals surface area contributed by atoms with Gasteiger partial charge in [-0.15, -0.1) is 0 Å². The minimum absolute atomic E-state index is 0.153. The largest absolute Gasteiger partial charge is 0.488 e. The minimum atomic E-state index is -1.01. The summed E-state index contributed by atoms with van der Waals surface area (Å²) in [6, 6.07) is 6.93. The van der Waals surface area contributed by atoms with Crippen molar-refractivity contribution in [2.24, 2.45) is 5.11 Å². The van der Waals surface area contributed by atoms with Crippen molar-refractivity contribution in [1.82, 2.24) is 0 Å². The maximum Gasteiger partial charge on any atom is 0.120 e. The molecule has 0 aliphatic heterocycles. The number of hydrogen-bond acceptors (Lipinski definition) is 4. The highest BCUT2D eigenvalue weighted by molar-refractivity contribution is 5.29. The van der Waals surface area contributed by atoms with E-state index in [1.807, 2.05) is 20.8 Å². The predicted molar refractivity (Wildman–Crippen MR) is 76.4 cm³/mol. The Hall–Kier alpha value is -1.75. The highest BCUT2D eigenvalue weighted by Crippen LogP contribution is 2.24. The van der Waals surface area contributed by atoms with Crippen molar-refractivity contribution in [3.8, 4) is 5.75 Å². The van der Waals surface area contributed by atoms with Crippen molar-refractivity contribution < 1.29 is 14.9 Å². The van der Waals surface area contributed by atoms with Crippen LogP contribution in [0.1, 0.15) is 38.9 Å². The molecule has 1 aromatic rings. The first-order chi connectivity index (χ1) is 9.33. The minimum Gasteiger partial charge on any atom is -0.488 e. The van der Waals surface area contributed by atoms with Crippen LogP contribution >= 0.6 is 0 Å². The molecule has 0 saturated heterocycles. The Morgan fingerprint density at radius 2 is 1.85 bits per heavy atom. The van der Waals surface area contributed by atoms with Crippen LogP contribution in [0.3, 0.4) is 0 Å². The second-order valence-corrected chi connectivity index (χ2v) is 5.54. The molecule has 1 aromatic carbocycles. The molecular formula is C14H21N3O3. The number of azide groups is 1. The van der Waals surface area contributed by atoms with Crippen LogP contribution < -0.4 is 4.74 Å². The van der Waals surface area contributed by atoms with Gasteiger partial charge in [0.05, 0.1) is 6.10 Å². The second-order valence-electron chi connectivity index (χ2n) is 5.54. The van der Waals surface area contributed by atoms with Crippen LogP contribution in [0.4, 0.5) is 0 Å².